The molecule has 3 N–H and O–H groups in total. The minimum Gasteiger partial charge on any atom is -0.391 e. The maximum absolute atomic E-state index is 12.4. The van der Waals surface area contributed by atoms with Crippen LogP contribution >= 0.6 is 0 Å². The first-order chi connectivity index (χ1) is 9.74. The Morgan fingerprint density at radius 1 is 1.25 bits per heavy atom. The third-order valence-corrected chi connectivity index (χ3v) is 4.45. The lowest BCUT2D eigenvalue weighted by Gasteiger charge is -2.31. The number of carbonyl (C=O) groups is 1. The van der Waals surface area contributed by atoms with Gasteiger partial charge < -0.3 is 15.7 Å². The maximum atomic E-state index is 12.4. The van der Waals surface area contributed by atoms with E-state index in [-0.39, 0.29) is 24.0 Å². The molecule has 3 atom stereocenters. The molecule has 0 spiro atoms. The Kier molecular flexibility index (Phi) is 3.92. The van der Waals surface area contributed by atoms with Gasteiger partial charge in [0, 0.05) is 12.2 Å². The first-order valence-electron chi connectivity index (χ1n) is 7.54. The van der Waals surface area contributed by atoms with Crippen LogP contribution in [0.25, 0.3) is 0 Å². The number of amides is 1. The summed E-state index contributed by atoms with van der Waals surface area (Å²) in [7, 11) is 0. The summed E-state index contributed by atoms with van der Waals surface area (Å²) in [5.41, 5.74) is 2.33. The molecule has 1 fully saturated rings. The summed E-state index contributed by atoms with van der Waals surface area (Å²) in [6, 6.07) is 8.07. The molecule has 1 aromatic carbocycles. The number of anilines is 1. The normalized spacial score (nSPS) is 29.1. The van der Waals surface area contributed by atoms with Crippen LogP contribution in [0.1, 0.15) is 31.2 Å². The predicted octanol–water partition coefficient (Wildman–Crippen LogP) is 1.69. The smallest absolute Gasteiger partial charge is 0.225 e. The number of benzene rings is 1. The van der Waals surface area contributed by atoms with Crippen molar-refractivity contribution >= 4 is 11.6 Å². The largest absolute Gasteiger partial charge is 0.391 e. The van der Waals surface area contributed by atoms with Crippen molar-refractivity contribution in [1.29, 1.82) is 0 Å². The Hall–Kier alpha value is -1.55. The molecular formula is C16H22N2O2. The van der Waals surface area contributed by atoms with E-state index in [2.05, 4.69) is 16.7 Å². The lowest BCUT2D eigenvalue weighted by atomic mass is 9.90. The molecule has 20 heavy (non-hydrogen) atoms. The third kappa shape index (κ3) is 2.80. The van der Waals surface area contributed by atoms with Crippen LogP contribution in [0.15, 0.2) is 24.3 Å². The van der Waals surface area contributed by atoms with Crippen LogP contribution in [0.3, 0.4) is 0 Å². The molecule has 1 aromatic rings. The fourth-order valence-electron chi connectivity index (χ4n) is 3.21. The standard InChI is InChI=1S/C16H22N2O2/c19-15-8-4-3-7-14(15)18-16(20)12-9-11-5-1-2-6-13(11)17-10-12/h1-2,5-6,12,14-15,17,19H,3-4,7-10H2,(H,18,20)/t12?,14-,15-/m1/s1. The SMILES string of the molecule is O=C(N[C@@H]1CCCC[C@H]1O)C1CNc2ccccc2C1. The van der Waals surface area contributed by atoms with Gasteiger partial charge in [0.1, 0.15) is 0 Å². The van der Waals surface area contributed by atoms with Crippen LogP contribution < -0.4 is 10.6 Å². The molecule has 0 saturated heterocycles. The summed E-state index contributed by atoms with van der Waals surface area (Å²) in [6.45, 7) is 0.672. The Morgan fingerprint density at radius 2 is 2.05 bits per heavy atom. The van der Waals surface area contributed by atoms with Gasteiger partial charge in [-0.05, 0) is 30.9 Å². The molecule has 1 amide bonds. The van der Waals surface area contributed by atoms with Crippen molar-refractivity contribution < 1.29 is 9.90 Å². The van der Waals surface area contributed by atoms with E-state index in [0.717, 1.165) is 37.8 Å². The number of aliphatic hydroxyl groups is 1. The van der Waals surface area contributed by atoms with Crippen LogP contribution in [-0.2, 0) is 11.2 Å². The number of para-hydroxylation sites is 1. The molecule has 4 nitrogen and oxygen atoms in total. The van der Waals surface area contributed by atoms with Crippen molar-refractivity contribution in [3.8, 4) is 0 Å². The number of hydrogen-bond donors (Lipinski definition) is 3. The summed E-state index contributed by atoms with van der Waals surface area (Å²) in [4.78, 5) is 12.4. The van der Waals surface area contributed by atoms with Gasteiger partial charge in [0.25, 0.3) is 0 Å². The van der Waals surface area contributed by atoms with Gasteiger partial charge in [0.2, 0.25) is 5.91 Å². The number of fused-ring (bicyclic) bond motifs is 1. The first kappa shape index (κ1) is 13.4. The summed E-state index contributed by atoms with van der Waals surface area (Å²) in [6.07, 6.45) is 4.24. The van der Waals surface area contributed by atoms with Gasteiger partial charge in [0.15, 0.2) is 0 Å². The van der Waals surface area contributed by atoms with Crippen molar-refractivity contribution in [2.45, 2.75) is 44.2 Å². The van der Waals surface area contributed by atoms with Crippen molar-refractivity contribution in [3.63, 3.8) is 0 Å². The van der Waals surface area contributed by atoms with Crippen LogP contribution in [0.2, 0.25) is 0 Å². The molecule has 108 valence electrons. The second kappa shape index (κ2) is 5.83. The number of aliphatic hydroxyl groups excluding tert-OH is 1. The number of hydrogen-bond acceptors (Lipinski definition) is 3. The molecule has 0 radical (unpaired) electrons. The molecule has 3 rings (SSSR count). The van der Waals surface area contributed by atoms with E-state index in [9.17, 15) is 9.90 Å². The zero-order valence-electron chi connectivity index (χ0n) is 11.6. The minimum atomic E-state index is -0.378. The van der Waals surface area contributed by atoms with E-state index in [0.29, 0.717) is 6.54 Å². The Morgan fingerprint density at radius 3 is 2.90 bits per heavy atom. The Labute approximate surface area is 119 Å². The van der Waals surface area contributed by atoms with E-state index in [1.54, 1.807) is 0 Å². The Balaban J connectivity index is 1.61. The van der Waals surface area contributed by atoms with Crippen molar-refractivity contribution in [2.75, 3.05) is 11.9 Å². The molecule has 1 heterocycles. The molecule has 4 heteroatoms. The van der Waals surface area contributed by atoms with E-state index < -0.39 is 0 Å². The minimum absolute atomic E-state index is 0.0426. The second-order valence-corrected chi connectivity index (χ2v) is 5.91. The number of carbonyl (C=O) groups excluding carboxylic acids is 1. The fraction of sp³-hybridized carbons (Fsp3) is 0.562. The lowest BCUT2D eigenvalue weighted by Crippen LogP contribution is -2.49. The second-order valence-electron chi connectivity index (χ2n) is 5.91. The molecule has 0 bridgehead atoms. The van der Waals surface area contributed by atoms with Gasteiger partial charge in [-0.2, -0.15) is 0 Å². The number of nitrogens with one attached hydrogen (secondary N) is 2. The highest BCUT2D eigenvalue weighted by atomic mass is 16.3. The zero-order chi connectivity index (χ0) is 13.9. The van der Waals surface area contributed by atoms with Crippen LogP contribution in [0.4, 0.5) is 5.69 Å². The molecule has 2 aliphatic rings. The van der Waals surface area contributed by atoms with Crippen molar-refractivity contribution in [1.82, 2.24) is 5.32 Å². The van der Waals surface area contributed by atoms with Gasteiger partial charge >= 0.3 is 0 Å². The zero-order valence-corrected chi connectivity index (χ0v) is 11.6. The van der Waals surface area contributed by atoms with E-state index in [1.807, 2.05) is 18.2 Å². The van der Waals surface area contributed by atoms with Crippen molar-refractivity contribution in [2.24, 2.45) is 5.92 Å². The quantitative estimate of drug-likeness (QED) is 0.769. The van der Waals surface area contributed by atoms with Gasteiger partial charge in [0.05, 0.1) is 18.1 Å². The molecule has 1 aliphatic carbocycles. The summed E-state index contributed by atoms with van der Waals surface area (Å²) in [5.74, 6) is 0.0250. The average molecular weight is 274 g/mol. The van der Waals surface area contributed by atoms with Gasteiger partial charge in [-0.15, -0.1) is 0 Å². The highest BCUT2D eigenvalue weighted by Gasteiger charge is 2.29. The van der Waals surface area contributed by atoms with Gasteiger partial charge in [-0.25, -0.2) is 0 Å². The fourth-order valence-corrected chi connectivity index (χ4v) is 3.21. The number of rotatable bonds is 2. The molecule has 0 aromatic heterocycles. The summed E-state index contributed by atoms with van der Waals surface area (Å²) < 4.78 is 0. The van der Waals surface area contributed by atoms with Crippen LogP contribution in [0, 0.1) is 5.92 Å². The topological polar surface area (TPSA) is 61.4 Å². The van der Waals surface area contributed by atoms with E-state index in [4.69, 9.17) is 0 Å². The summed E-state index contributed by atoms with van der Waals surface area (Å²) in [5, 5.41) is 16.3. The maximum Gasteiger partial charge on any atom is 0.225 e. The molecular weight excluding hydrogens is 252 g/mol. The van der Waals surface area contributed by atoms with Gasteiger partial charge in [-0.3, -0.25) is 4.79 Å². The van der Waals surface area contributed by atoms with Crippen molar-refractivity contribution in [3.05, 3.63) is 29.8 Å². The highest BCUT2D eigenvalue weighted by Crippen LogP contribution is 2.25. The summed E-state index contributed by atoms with van der Waals surface area (Å²) >= 11 is 0. The molecule has 1 aliphatic heterocycles. The van der Waals surface area contributed by atoms with E-state index >= 15 is 0 Å². The monoisotopic (exact) mass is 274 g/mol. The first-order valence-corrected chi connectivity index (χ1v) is 7.54. The van der Waals surface area contributed by atoms with Crippen LogP contribution in [0.5, 0.6) is 0 Å². The lowest BCUT2D eigenvalue weighted by molar-refractivity contribution is -0.126. The Bertz CT molecular complexity index is 489. The highest BCUT2D eigenvalue weighted by molar-refractivity contribution is 5.81. The molecule has 1 saturated carbocycles. The molecule has 1 unspecified atom stereocenters. The van der Waals surface area contributed by atoms with Gasteiger partial charge in [-0.1, -0.05) is 31.0 Å². The predicted molar refractivity (Wildman–Crippen MR) is 78.5 cm³/mol. The third-order valence-electron chi connectivity index (χ3n) is 4.45. The van der Waals surface area contributed by atoms with Crippen LogP contribution in [-0.4, -0.2) is 29.7 Å². The average Bonchev–Trinajstić information content (AvgIpc) is 2.49. The van der Waals surface area contributed by atoms with E-state index in [1.165, 1.54) is 5.56 Å².